The lowest BCUT2D eigenvalue weighted by Gasteiger charge is -2.09. The van der Waals surface area contributed by atoms with E-state index in [1.54, 1.807) is 0 Å². The minimum Gasteiger partial charge on any atom is -0.389 e. The van der Waals surface area contributed by atoms with Crippen LogP contribution in [0.3, 0.4) is 0 Å². The first-order chi connectivity index (χ1) is 6.66. The van der Waals surface area contributed by atoms with Crippen LogP contribution in [0.1, 0.15) is 60.3 Å². The third kappa shape index (κ3) is 14.1. The lowest BCUT2D eigenvalue weighted by molar-refractivity contribution is 0.564. The van der Waals surface area contributed by atoms with Crippen molar-refractivity contribution in [2.75, 3.05) is 6.54 Å². The predicted molar refractivity (Wildman–Crippen MR) is 67.5 cm³/mol. The Bertz CT molecular complexity index is 116. The Balaban J connectivity index is 0. The molecule has 0 bridgehead atoms. The van der Waals surface area contributed by atoms with E-state index in [-0.39, 0.29) is 0 Å². The van der Waals surface area contributed by atoms with Crippen LogP contribution in [0.15, 0.2) is 12.3 Å². The van der Waals surface area contributed by atoms with Gasteiger partial charge in [0, 0.05) is 12.2 Å². The van der Waals surface area contributed by atoms with E-state index in [9.17, 15) is 0 Å². The lowest BCUT2D eigenvalue weighted by atomic mass is 10.1. The molecule has 86 valence electrons. The second kappa shape index (κ2) is 12.5. The Morgan fingerprint density at radius 2 is 1.86 bits per heavy atom. The molecule has 0 aromatic heterocycles. The molecule has 0 fully saturated rings. The zero-order chi connectivity index (χ0) is 11.4. The van der Waals surface area contributed by atoms with Gasteiger partial charge in [-0.1, -0.05) is 47.6 Å². The van der Waals surface area contributed by atoms with Crippen LogP contribution in [0.4, 0.5) is 0 Å². The van der Waals surface area contributed by atoms with Gasteiger partial charge in [-0.3, -0.25) is 0 Å². The first-order valence-corrected chi connectivity index (χ1v) is 6.08. The lowest BCUT2D eigenvalue weighted by Crippen LogP contribution is -2.14. The van der Waals surface area contributed by atoms with Crippen molar-refractivity contribution < 1.29 is 0 Å². The molecule has 0 atom stereocenters. The van der Waals surface area contributed by atoms with E-state index < -0.39 is 0 Å². The third-order valence-corrected chi connectivity index (χ3v) is 1.93. The number of unbranched alkanes of at least 4 members (excludes halogenated alkanes) is 1. The van der Waals surface area contributed by atoms with Crippen LogP contribution in [-0.2, 0) is 0 Å². The molecular formula is C13H29N. The van der Waals surface area contributed by atoms with E-state index in [0.717, 1.165) is 18.9 Å². The van der Waals surface area contributed by atoms with E-state index in [0.29, 0.717) is 0 Å². The summed E-state index contributed by atoms with van der Waals surface area (Å²) in [5, 5.41) is 3.34. The molecule has 0 unspecified atom stereocenters. The smallest absolute Gasteiger partial charge is 0.0143 e. The van der Waals surface area contributed by atoms with Gasteiger partial charge < -0.3 is 5.32 Å². The fourth-order valence-electron chi connectivity index (χ4n) is 0.993. The summed E-state index contributed by atoms with van der Waals surface area (Å²) in [7, 11) is 0. The van der Waals surface area contributed by atoms with Crippen LogP contribution in [0.25, 0.3) is 0 Å². The van der Waals surface area contributed by atoms with Gasteiger partial charge in [-0.15, -0.1) is 0 Å². The molecule has 0 heterocycles. The summed E-state index contributed by atoms with van der Waals surface area (Å²) < 4.78 is 0. The minimum absolute atomic E-state index is 0.787. The summed E-state index contributed by atoms with van der Waals surface area (Å²) in [4.78, 5) is 0. The molecule has 0 spiro atoms. The van der Waals surface area contributed by atoms with Crippen LogP contribution in [-0.4, -0.2) is 6.54 Å². The molecular weight excluding hydrogens is 170 g/mol. The van der Waals surface area contributed by atoms with Crippen LogP contribution in [0.2, 0.25) is 0 Å². The van der Waals surface area contributed by atoms with Gasteiger partial charge in [-0.25, -0.2) is 0 Å². The van der Waals surface area contributed by atoms with Gasteiger partial charge in [0.2, 0.25) is 0 Å². The molecule has 0 rings (SSSR count). The number of hydrogen-bond donors (Lipinski definition) is 1. The van der Waals surface area contributed by atoms with Gasteiger partial charge in [-0.05, 0) is 25.2 Å². The molecule has 0 amide bonds. The SMILES string of the molecule is C=C(CCC(C)C)NCCCC.CC. The normalized spacial score (nSPS) is 9.29. The molecule has 1 N–H and O–H groups in total. The Morgan fingerprint density at radius 3 is 2.29 bits per heavy atom. The maximum absolute atomic E-state index is 3.99. The highest BCUT2D eigenvalue weighted by atomic mass is 14.9. The first kappa shape index (κ1) is 16.0. The van der Waals surface area contributed by atoms with Gasteiger partial charge in [0.05, 0.1) is 0 Å². The van der Waals surface area contributed by atoms with Crippen LogP contribution >= 0.6 is 0 Å². The van der Waals surface area contributed by atoms with E-state index in [2.05, 4.69) is 32.7 Å². The summed E-state index contributed by atoms with van der Waals surface area (Å²) in [5.74, 6) is 0.787. The van der Waals surface area contributed by atoms with Crippen LogP contribution < -0.4 is 5.32 Å². The van der Waals surface area contributed by atoms with Gasteiger partial charge in [0.1, 0.15) is 0 Å². The zero-order valence-corrected chi connectivity index (χ0v) is 10.8. The molecule has 0 aliphatic carbocycles. The Morgan fingerprint density at radius 1 is 1.29 bits per heavy atom. The first-order valence-electron chi connectivity index (χ1n) is 6.08. The standard InChI is InChI=1S/C11H23N.C2H6/c1-5-6-9-12-11(4)8-7-10(2)3;1-2/h10,12H,4-9H2,1-3H3;1-2H3. The van der Waals surface area contributed by atoms with Crippen molar-refractivity contribution in [2.45, 2.75) is 60.3 Å². The monoisotopic (exact) mass is 199 g/mol. The molecule has 14 heavy (non-hydrogen) atoms. The van der Waals surface area contributed by atoms with Crippen molar-refractivity contribution in [2.24, 2.45) is 5.92 Å². The van der Waals surface area contributed by atoms with E-state index in [1.807, 2.05) is 13.8 Å². The van der Waals surface area contributed by atoms with Crippen LogP contribution in [0, 0.1) is 5.92 Å². The summed E-state index contributed by atoms with van der Waals surface area (Å²) in [5.41, 5.74) is 1.21. The molecule has 0 radical (unpaired) electrons. The highest BCUT2D eigenvalue weighted by Gasteiger charge is 1.96. The van der Waals surface area contributed by atoms with Gasteiger partial charge in [-0.2, -0.15) is 0 Å². The van der Waals surface area contributed by atoms with E-state index in [4.69, 9.17) is 0 Å². The molecule has 0 aliphatic rings. The number of allylic oxidation sites excluding steroid dienone is 1. The van der Waals surface area contributed by atoms with E-state index >= 15 is 0 Å². The van der Waals surface area contributed by atoms with Crippen molar-refractivity contribution in [1.29, 1.82) is 0 Å². The molecule has 0 aliphatic heterocycles. The average Bonchev–Trinajstić information content (AvgIpc) is 2.18. The number of hydrogen-bond acceptors (Lipinski definition) is 1. The number of nitrogens with one attached hydrogen (secondary N) is 1. The largest absolute Gasteiger partial charge is 0.389 e. The Hall–Kier alpha value is -0.460. The summed E-state index contributed by atoms with van der Waals surface area (Å²) in [6.45, 7) is 15.8. The summed E-state index contributed by atoms with van der Waals surface area (Å²) in [6, 6.07) is 0. The fourth-order valence-corrected chi connectivity index (χ4v) is 0.993. The molecule has 0 saturated heterocycles. The zero-order valence-electron chi connectivity index (χ0n) is 10.8. The summed E-state index contributed by atoms with van der Waals surface area (Å²) in [6.07, 6.45) is 4.88. The summed E-state index contributed by atoms with van der Waals surface area (Å²) >= 11 is 0. The van der Waals surface area contributed by atoms with Crippen LogP contribution in [0.5, 0.6) is 0 Å². The second-order valence-corrected chi connectivity index (χ2v) is 3.82. The Kier molecular flexibility index (Phi) is 14.3. The highest BCUT2D eigenvalue weighted by Crippen LogP contribution is 2.07. The van der Waals surface area contributed by atoms with Crippen molar-refractivity contribution in [3.05, 3.63) is 12.3 Å². The maximum Gasteiger partial charge on any atom is 0.0143 e. The topological polar surface area (TPSA) is 12.0 Å². The average molecular weight is 199 g/mol. The Labute approximate surface area is 91.0 Å². The third-order valence-electron chi connectivity index (χ3n) is 1.93. The van der Waals surface area contributed by atoms with Gasteiger partial charge >= 0.3 is 0 Å². The maximum atomic E-state index is 3.99. The quantitative estimate of drug-likeness (QED) is 0.601. The van der Waals surface area contributed by atoms with Crippen molar-refractivity contribution in [3.63, 3.8) is 0 Å². The molecule has 1 nitrogen and oxygen atoms in total. The van der Waals surface area contributed by atoms with Gasteiger partial charge in [0.15, 0.2) is 0 Å². The molecule has 0 aromatic carbocycles. The predicted octanol–water partition coefficient (Wildman–Crippen LogP) is 4.35. The molecule has 0 saturated carbocycles. The number of rotatable bonds is 7. The fraction of sp³-hybridized carbons (Fsp3) is 0.846. The van der Waals surface area contributed by atoms with E-state index in [1.165, 1.54) is 25.0 Å². The van der Waals surface area contributed by atoms with Crippen molar-refractivity contribution >= 4 is 0 Å². The molecule has 1 heteroatoms. The van der Waals surface area contributed by atoms with Gasteiger partial charge in [0.25, 0.3) is 0 Å². The second-order valence-electron chi connectivity index (χ2n) is 3.82. The van der Waals surface area contributed by atoms with Crippen molar-refractivity contribution in [1.82, 2.24) is 5.32 Å². The van der Waals surface area contributed by atoms with Crippen molar-refractivity contribution in [3.8, 4) is 0 Å². The molecule has 0 aromatic rings. The highest BCUT2D eigenvalue weighted by molar-refractivity contribution is 4.90. The minimum atomic E-state index is 0.787.